The lowest BCUT2D eigenvalue weighted by molar-refractivity contribution is -0.112. The average molecular weight is 404 g/mol. The molecule has 2 aromatic heterocycles. The number of aromatic nitrogens is 2. The molecule has 24 heavy (non-hydrogen) atoms. The van der Waals surface area contributed by atoms with Crippen LogP contribution in [0.2, 0.25) is 0 Å². The number of carbonyl (C=O) groups excluding carboxylic acids is 1. The maximum absolute atomic E-state index is 12.5. The Hall–Kier alpha value is -2.25. The summed E-state index contributed by atoms with van der Waals surface area (Å²) in [4.78, 5) is 30.5. The quantitative estimate of drug-likeness (QED) is 0.679. The molecule has 0 bridgehead atoms. The van der Waals surface area contributed by atoms with Crippen molar-refractivity contribution in [2.45, 2.75) is 13.8 Å². The highest BCUT2D eigenvalue weighted by Crippen LogP contribution is 2.25. The molecule has 0 aliphatic carbocycles. The van der Waals surface area contributed by atoms with Crippen LogP contribution < -0.4 is 11.0 Å². The van der Waals surface area contributed by atoms with Crippen molar-refractivity contribution < 1.29 is 4.79 Å². The van der Waals surface area contributed by atoms with Gasteiger partial charge in [-0.15, -0.1) is 11.3 Å². The van der Waals surface area contributed by atoms with E-state index in [2.05, 4.69) is 26.3 Å². The molecule has 0 spiro atoms. The van der Waals surface area contributed by atoms with Gasteiger partial charge in [0.1, 0.15) is 11.2 Å². The highest BCUT2D eigenvalue weighted by molar-refractivity contribution is 9.10. The lowest BCUT2D eigenvalue weighted by Crippen LogP contribution is -2.32. The molecule has 1 aromatic carbocycles. The summed E-state index contributed by atoms with van der Waals surface area (Å²) < 4.78 is 2.09. The molecule has 122 valence electrons. The summed E-state index contributed by atoms with van der Waals surface area (Å²) in [6.45, 7) is 3.84. The zero-order chi connectivity index (χ0) is 17.3. The minimum absolute atomic E-state index is 0.271. The molecule has 0 radical (unpaired) electrons. The number of nitrogens with zero attached hydrogens (tertiary/aromatic N) is 2. The first-order valence-corrected chi connectivity index (χ1v) is 8.78. The third-order valence-corrected chi connectivity index (χ3v) is 5.26. The van der Waals surface area contributed by atoms with Gasteiger partial charge in [0.2, 0.25) is 0 Å². The van der Waals surface area contributed by atoms with Crippen LogP contribution in [0.1, 0.15) is 16.0 Å². The van der Waals surface area contributed by atoms with E-state index in [1.807, 2.05) is 38.1 Å². The number of carbonyl (C=O) groups is 1. The third kappa shape index (κ3) is 3.32. The Balaban J connectivity index is 1.83. The molecule has 0 unspecified atom stereocenters. The van der Waals surface area contributed by atoms with Gasteiger partial charge in [0.05, 0.1) is 5.39 Å². The minimum atomic E-state index is -0.397. The van der Waals surface area contributed by atoms with Gasteiger partial charge < -0.3 is 0 Å². The number of fused-ring (bicyclic) bond motifs is 1. The number of thiophene rings is 1. The van der Waals surface area contributed by atoms with Crippen LogP contribution in [-0.2, 0) is 4.79 Å². The Labute approximate surface area is 150 Å². The van der Waals surface area contributed by atoms with Gasteiger partial charge in [-0.1, -0.05) is 28.1 Å². The molecule has 2 heterocycles. The summed E-state index contributed by atoms with van der Waals surface area (Å²) in [7, 11) is 0. The molecule has 0 atom stereocenters. The van der Waals surface area contributed by atoms with E-state index in [0.29, 0.717) is 10.2 Å². The molecule has 0 saturated heterocycles. The van der Waals surface area contributed by atoms with E-state index in [9.17, 15) is 9.59 Å². The molecule has 0 aliphatic rings. The summed E-state index contributed by atoms with van der Waals surface area (Å²) in [5.74, 6) is -0.397. The molecular formula is C17H14BrN3O2S. The van der Waals surface area contributed by atoms with Crippen molar-refractivity contribution in [3.05, 3.63) is 67.5 Å². The summed E-state index contributed by atoms with van der Waals surface area (Å²) in [5.41, 5.74) is 4.05. The number of halogens is 1. The van der Waals surface area contributed by atoms with Crippen LogP contribution in [0.15, 0.2) is 45.9 Å². The number of rotatable bonds is 3. The summed E-state index contributed by atoms with van der Waals surface area (Å²) in [5, 5.41) is 0.553. The van der Waals surface area contributed by atoms with Gasteiger partial charge in [-0.25, -0.2) is 9.66 Å². The van der Waals surface area contributed by atoms with Crippen molar-refractivity contribution in [1.82, 2.24) is 9.66 Å². The maximum Gasteiger partial charge on any atom is 0.281 e. The summed E-state index contributed by atoms with van der Waals surface area (Å²) >= 11 is 4.83. The monoisotopic (exact) mass is 403 g/mol. The maximum atomic E-state index is 12.5. The molecule has 1 N–H and O–H groups in total. The highest BCUT2D eigenvalue weighted by atomic mass is 79.9. The van der Waals surface area contributed by atoms with Crippen molar-refractivity contribution in [3.63, 3.8) is 0 Å². The number of nitrogens with one attached hydrogen (secondary N) is 1. The third-order valence-electron chi connectivity index (χ3n) is 3.62. The number of hydrogen-bond acceptors (Lipinski definition) is 4. The highest BCUT2D eigenvalue weighted by Gasteiger charge is 2.12. The number of hydrogen-bond donors (Lipinski definition) is 1. The van der Waals surface area contributed by atoms with Gasteiger partial charge in [-0.2, -0.15) is 0 Å². The number of amides is 1. The molecule has 3 rings (SSSR count). The molecule has 0 saturated carbocycles. The van der Waals surface area contributed by atoms with Crippen LogP contribution in [0.5, 0.6) is 0 Å². The fourth-order valence-corrected chi connectivity index (χ4v) is 3.47. The van der Waals surface area contributed by atoms with Crippen molar-refractivity contribution in [3.8, 4) is 0 Å². The Morgan fingerprint density at radius 1 is 1.29 bits per heavy atom. The van der Waals surface area contributed by atoms with E-state index >= 15 is 0 Å². The normalized spacial score (nSPS) is 11.3. The van der Waals surface area contributed by atoms with Gasteiger partial charge in [0.25, 0.3) is 11.5 Å². The Morgan fingerprint density at radius 2 is 2.00 bits per heavy atom. The van der Waals surface area contributed by atoms with Gasteiger partial charge in [0.15, 0.2) is 0 Å². The lowest BCUT2D eigenvalue weighted by atomic mass is 10.2. The second kappa shape index (κ2) is 6.70. The fraction of sp³-hybridized carbons (Fsp3) is 0.118. The smallest absolute Gasteiger partial charge is 0.268 e. The average Bonchev–Trinajstić information content (AvgIpc) is 2.85. The zero-order valence-corrected chi connectivity index (χ0v) is 15.4. The van der Waals surface area contributed by atoms with Crippen LogP contribution in [0.4, 0.5) is 0 Å². The summed E-state index contributed by atoms with van der Waals surface area (Å²) in [6.07, 6.45) is 4.40. The number of benzene rings is 1. The SMILES string of the molecule is Cc1sc2ncn(NC(=O)C=Cc3ccc(Br)cc3)c(=O)c2c1C. The molecule has 1 amide bonds. The van der Waals surface area contributed by atoms with E-state index in [4.69, 9.17) is 0 Å². The van der Waals surface area contributed by atoms with Gasteiger partial charge in [0, 0.05) is 15.4 Å². The van der Waals surface area contributed by atoms with E-state index < -0.39 is 5.91 Å². The van der Waals surface area contributed by atoms with Crippen LogP contribution >= 0.6 is 27.3 Å². The van der Waals surface area contributed by atoms with E-state index in [1.54, 1.807) is 6.08 Å². The summed E-state index contributed by atoms with van der Waals surface area (Å²) in [6, 6.07) is 7.54. The van der Waals surface area contributed by atoms with E-state index in [0.717, 1.165) is 25.2 Å². The zero-order valence-electron chi connectivity index (χ0n) is 13.0. The van der Waals surface area contributed by atoms with Crippen LogP contribution in [0.3, 0.4) is 0 Å². The molecule has 0 fully saturated rings. The topological polar surface area (TPSA) is 64.0 Å². The molecule has 7 heteroatoms. The predicted octanol–water partition coefficient (Wildman–Crippen LogP) is 3.62. The molecule has 5 nitrogen and oxygen atoms in total. The second-order valence-corrected chi connectivity index (χ2v) is 7.36. The molecule has 3 aromatic rings. The van der Waals surface area contributed by atoms with Crippen molar-refractivity contribution >= 4 is 49.5 Å². The van der Waals surface area contributed by atoms with Crippen LogP contribution in [-0.4, -0.2) is 15.6 Å². The molecular weight excluding hydrogens is 390 g/mol. The van der Waals surface area contributed by atoms with Crippen LogP contribution in [0.25, 0.3) is 16.3 Å². The van der Waals surface area contributed by atoms with Gasteiger partial charge >= 0.3 is 0 Å². The van der Waals surface area contributed by atoms with Crippen molar-refractivity contribution in [2.24, 2.45) is 0 Å². The first kappa shape index (κ1) is 16.6. The van der Waals surface area contributed by atoms with E-state index in [-0.39, 0.29) is 5.56 Å². The second-order valence-electron chi connectivity index (χ2n) is 5.24. The Bertz CT molecular complexity index is 1000. The first-order chi connectivity index (χ1) is 11.5. The lowest BCUT2D eigenvalue weighted by Gasteiger charge is -2.05. The Morgan fingerprint density at radius 3 is 2.71 bits per heavy atom. The largest absolute Gasteiger partial charge is 0.281 e. The fourth-order valence-electron chi connectivity index (χ4n) is 2.22. The van der Waals surface area contributed by atoms with Crippen molar-refractivity contribution in [2.75, 3.05) is 5.43 Å². The Kier molecular flexibility index (Phi) is 4.64. The van der Waals surface area contributed by atoms with Crippen molar-refractivity contribution in [1.29, 1.82) is 0 Å². The van der Waals surface area contributed by atoms with Gasteiger partial charge in [-0.3, -0.25) is 15.0 Å². The number of aryl methyl sites for hydroxylation is 2. The van der Waals surface area contributed by atoms with Gasteiger partial charge in [-0.05, 0) is 43.2 Å². The standard InChI is InChI=1S/C17H14BrN3O2S/c1-10-11(2)24-16-15(10)17(23)21(9-19-16)20-14(22)8-5-12-3-6-13(18)7-4-12/h3-9H,1-2H3,(H,20,22). The van der Waals surface area contributed by atoms with Crippen LogP contribution in [0, 0.1) is 13.8 Å². The molecule has 0 aliphatic heterocycles. The first-order valence-electron chi connectivity index (χ1n) is 7.17. The van der Waals surface area contributed by atoms with E-state index in [1.165, 1.54) is 23.7 Å². The minimum Gasteiger partial charge on any atom is -0.268 e. The predicted molar refractivity (Wildman–Crippen MR) is 101 cm³/mol.